The molecule has 0 aromatic rings. The van der Waals surface area contributed by atoms with E-state index >= 15 is 0 Å². The SMILES string of the molecule is [BH2][Mo][SiH3].[Cu].[Fe].[Zn]. The Morgan fingerprint density at radius 3 is 1.50 bits per heavy atom. The third-order valence-corrected chi connectivity index (χ3v) is 0. The minimum absolute atomic E-state index is 0. The topological polar surface area (TPSA) is 0 Å². The van der Waals surface area contributed by atoms with Gasteiger partial charge in [0.2, 0.25) is 0 Å². The van der Waals surface area contributed by atoms with Gasteiger partial charge in [0.25, 0.3) is 0 Å². The van der Waals surface area contributed by atoms with E-state index in [1.54, 1.807) is 0 Å². The fraction of sp³-hybridized carbons (Fsp3) is 0. The molecule has 0 aliphatic carbocycles. The summed E-state index contributed by atoms with van der Waals surface area (Å²) in [6.07, 6.45) is 2.32. The third-order valence-electron chi connectivity index (χ3n) is 0. The van der Waals surface area contributed by atoms with Gasteiger partial charge in [-0.2, -0.15) is 0 Å². The van der Waals surface area contributed by atoms with Crippen molar-refractivity contribution in [3.05, 3.63) is 0 Å². The van der Waals surface area contributed by atoms with Crippen molar-refractivity contribution in [2.24, 2.45) is 0 Å². The van der Waals surface area contributed by atoms with Crippen molar-refractivity contribution >= 4 is 14.3 Å². The number of rotatable bonds is 0. The Morgan fingerprint density at radius 1 is 1.50 bits per heavy atom. The average Bonchev–Trinajstić information content (AvgIpc) is 0.918. The Bertz CT molecular complexity index is 15.5. The Hall–Kier alpha value is 2.63. The van der Waals surface area contributed by atoms with Crippen LogP contribution < -0.4 is 0 Å². The summed E-state index contributed by atoms with van der Waals surface area (Å²) in [5.41, 5.74) is 0. The summed E-state index contributed by atoms with van der Waals surface area (Å²) < 4.78 is 0. The van der Waals surface area contributed by atoms with Crippen LogP contribution in [0.1, 0.15) is 0 Å². The van der Waals surface area contributed by atoms with Gasteiger partial charge in [-0.3, -0.25) is 0 Å². The van der Waals surface area contributed by atoms with E-state index in [1.165, 1.54) is 8.21 Å². The van der Waals surface area contributed by atoms with Gasteiger partial charge in [0.1, 0.15) is 0 Å². The smallest absolute Gasteiger partial charge is 0 e. The Kier molecular flexibility index (Phi) is 99.4. The molecule has 0 saturated carbocycles. The van der Waals surface area contributed by atoms with Crippen molar-refractivity contribution in [3.63, 3.8) is 0 Å². The molecule has 0 saturated heterocycles. The molecule has 6 heteroatoms. The van der Waals surface area contributed by atoms with Gasteiger partial charge in [-0.1, -0.05) is 0 Å². The Morgan fingerprint density at radius 2 is 1.50 bits per heavy atom. The minimum Gasteiger partial charge on any atom is 0 e. The molecular formula is H5BCuFeMoSiZn. The van der Waals surface area contributed by atoms with Gasteiger partial charge in [0.05, 0.1) is 0 Å². The summed E-state index contributed by atoms with van der Waals surface area (Å²) >= 11 is 0.609. The largest absolute Gasteiger partial charge is 0 e. The average molecular weight is 325 g/mol. The maximum Gasteiger partial charge on any atom is 0 e. The van der Waals surface area contributed by atoms with E-state index in [2.05, 4.69) is 6.11 Å². The van der Waals surface area contributed by atoms with Gasteiger partial charge in [-0.25, -0.2) is 0 Å². The van der Waals surface area contributed by atoms with Crippen LogP contribution in [0, 0.1) is 0 Å². The Balaban J connectivity index is -0.00000000667. The van der Waals surface area contributed by atoms with Crippen LogP contribution in [0.2, 0.25) is 0 Å². The van der Waals surface area contributed by atoms with Crippen LogP contribution in [0.15, 0.2) is 0 Å². The van der Waals surface area contributed by atoms with E-state index < -0.39 is 0 Å². The van der Waals surface area contributed by atoms with Crippen LogP contribution in [0.25, 0.3) is 0 Å². The zero-order valence-electron chi connectivity index (χ0n) is 3.77. The normalized spacial score (nSPS) is 3.33. The summed E-state index contributed by atoms with van der Waals surface area (Å²) in [6.45, 7) is 0. The number of hydrogen-bond donors (Lipinski definition) is 0. The molecule has 0 rings (SSSR count). The first-order chi connectivity index (χ1) is 1.41. The minimum atomic E-state index is 0. The first kappa shape index (κ1) is 23.4. The van der Waals surface area contributed by atoms with Crippen LogP contribution in [0.4, 0.5) is 0 Å². The van der Waals surface area contributed by atoms with E-state index in [4.69, 9.17) is 0 Å². The molecule has 0 N–H and O–H groups in total. The quantitative estimate of drug-likeness (QED) is 0.448. The fourth-order valence-electron chi connectivity index (χ4n) is 0. The maximum absolute atomic E-state index is 2.32. The first-order valence-corrected chi connectivity index (χ1v) is 9.66. The van der Waals surface area contributed by atoms with Crippen LogP contribution in [0.5, 0.6) is 0 Å². The molecule has 0 bridgehead atoms. The van der Waals surface area contributed by atoms with Gasteiger partial charge in [0.15, 0.2) is 0 Å². The Labute approximate surface area is 84.4 Å². The molecule has 0 heterocycles. The molecule has 0 amide bonds. The molecule has 0 aliphatic rings. The van der Waals surface area contributed by atoms with Crippen molar-refractivity contribution in [1.29, 1.82) is 0 Å². The summed E-state index contributed by atoms with van der Waals surface area (Å²) in [4.78, 5) is 0. The van der Waals surface area contributed by atoms with Crippen molar-refractivity contribution in [2.75, 3.05) is 0 Å². The van der Waals surface area contributed by atoms with Crippen LogP contribution in [-0.4, -0.2) is 14.3 Å². The van der Waals surface area contributed by atoms with Crippen molar-refractivity contribution < 1.29 is 71.2 Å². The van der Waals surface area contributed by atoms with Gasteiger partial charge in [-0.15, -0.1) is 0 Å². The predicted octanol–water partition coefficient (Wildman–Crippen LogP) is -2.11. The third kappa shape index (κ3) is 30.4. The van der Waals surface area contributed by atoms with Gasteiger partial charge < -0.3 is 0 Å². The van der Waals surface area contributed by atoms with E-state index in [0.29, 0.717) is 17.6 Å². The molecule has 0 aliphatic heterocycles. The zero-order chi connectivity index (χ0) is 2.71. The maximum atomic E-state index is 2.32. The van der Waals surface area contributed by atoms with E-state index in [0.717, 1.165) is 0 Å². The second-order valence-corrected chi connectivity index (χ2v) is 7.25. The molecule has 0 spiro atoms. The fourth-order valence-corrected chi connectivity index (χ4v) is 0. The molecule has 0 aromatic carbocycles. The molecule has 0 nitrogen and oxygen atoms in total. The predicted molar refractivity (Wildman–Crippen MR) is 18.5 cm³/mol. The van der Waals surface area contributed by atoms with Gasteiger partial charge >= 0.3 is 32.0 Å². The molecule has 39 valence electrons. The van der Waals surface area contributed by atoms with E-state index in [1.807, 2.05) is 0 Å². The second kappa shape index (κ2) is 25.4. The molecule has 0 atom stereocenters. The standard InChI is InChI=1S/BH2.Cu.Fe.Mo.H3Si.Zn/h1H2;;;;1H3;/q+1;;;-1;;. The molecule has 6 heavy (non-hydrogen) atoms. The molecule has 0 aromatic heterocycles. The van der Waals surface area contributed by atoms with Crippen molar-refractivity contribution in [1.82, 2.24) is 0 Å². The van der Waals surface area contributed by atoms with Crippen LogP contribution >= 0.6 is 0 Å². The monoisotopic (exact) mass is 325 g/mol. The van der Waals surface area contributed by atoms with Gasteiger partial charge in [0, 0.05) is 53.6 Å². The summed E-state index contributed by atoms with van der Waals surface area (Å²) in [5, 5.41) is 0. The second-order valence-electron chi connectivity index (χ2n) is 0.408. The van der Waals surface area contributed by atoms with Crippen molar-refractivity contribution in [3.8, 4) is 0 Å². The molecule has 1 radical (unpaired) electrons. The van der Waals surface area contributed by atoms with Gasteiger partial charge in [-0.05, 0) is 0 Å². The molecule has 0 unspecified atom stereocenters. The molecular weight excluding hydrogens is 320 g/mol. The first-order valence-electron chi connectivity index (χ1n) is 0.816. The summed E-state index contributed by atoms with van der Waals surface area (Å²) in [6, 6.07) is 0. The zero-order valence-corrected chi connectivity index (χ0v) is 12.8. The van der Waals surface area contributed by atoms with E-state index in [9.17, 15) is 0 Å². The van der Waals surface area contributed by atoms with Crippen LogP contribution in [-0.2, 0) is 71.2 Å². The number of hydrogen-bond acceptors (Lipinski definition) is 0. The van der Waals surface area contributed by atoms with Crippen LogP contribution in [0.3, 0.4) is 0 Å². The van der Waals surface area contributed by atoms with Crippen molar-refractivity contribution in [2.45, 2.75) is 0 Å². The summed E-state index contributed by atoms with van der Waals surface area (Å²) in [5.74, 6) is 0. The summed E-state index contributed by atoms with van der Waals surface area (Å²) in [7, 11) is 1.50. The molecule has 0 fully saturated rings. The van der Waals surface area contributed by atoms with E-state index in [-0.39, 0.29) is 53.6 Å².